The van der Waals surface area contributed by atoms with Gasteiger partial charge < -0.3 is 0 Å². The average molecular weight is 481 g/mol. The molecule has 0 bridgehead atoms. The third-order valence-corrected chi connectivity index (χ3v) is 9.26. The summed E-state index contributed by atoms with van der Waals surface area (Å²) in [6, 6.07) is 3.69. The Morgan fingerprint density at radius 2 is 1.16 bits per heavy atom. The van der Waals surface area contributed by atoms with Crippen molar-refractivity contribution in [3.63, 3.8) is 0 Å². The normalized spacial score (nSPS) is 29.3. The first kappa shape index (κ1) is 25.8. The number of hydrogen-bond donors (Lipinski definition) is 0. The van der Waals surface area contributed by atoms with Crippen LogP contribution in [0, 0.1) is 17.8 Å². The summed E-state index contributed by atoms with van der Waals surface area (Å²) in [5, 5.41) is 0. The largest absolute Gasteiger partial charge is 0.310 e. The Labute approximate surface area is 191 Å². The highest BCUT2D eigenvalue weighted by molar-refractivity contribution is 8.45. The molecule has 0 atom stereocenters. The molecule has 0 saturated heterocycles. The molecule has 2 saturated carbocycles. The summed E-state index contributed by atoms with van der Waals surface area (Å²) < 4.78 is 64.7. The van der Waals surface area contributed by atoms with Gasteiger partial charge in [-0.05, 0) is 79.9 Å². The van der Waals surface area contributed by atoms with Crippen LogP contribution in [0.5, 0.6) is 0 Å². The molecule has 0 amide bonds. The average Bonchev–Trinajstić information content (AvgIpc) is 2.75. The van der Waals surface area contributed by atoms with Gasteiger partial charge in [0.2, 0.25) is 0 Å². The van der Waals surface area contributed by atoms with Gasteiger partial charge in [0.05, 0.1) is 0 Å². The van der Waals surface area contributed by atoms with Crippen LogP contribution < -0.4 is 0 Å². The second-order valence-corrected chi connectivity index (χ2v) is 12.9. The van der Waals surface area contributed by atoms with E-state index in [1.807, 2.05) is 0 Å². The molecule has 0 aliphatic heterocycles. The van der Waals surface area contributed by atoms with Crippen LogP contribution in [0.3, 0.4) is 0 Å². The Hall–Kier alpha value is -0.780. The van der Waals surface area contributed by atoms with E-state index in [4.69, 9.17) is 0 Å². The zero-order valence-electron chi connectivity index (χ0n) is 19.5. The summed E-state index contributed by atoms with van der Waals surface area (Å²) in [5.41, 5.74) is 0.775. The molecule has 3 rings (SSSR count). The summed E-state index contributed by atoms with van der Waals surface area (Å²) in [4.78, 5) is -1.78. The molecule has 32 heavy (non-hydrogen) atoms. The minimum Gasteiger partial charge on any atom is -0.0936 e. The fourth-order valence-corrected chi connectivity index (χ4v) is 6.73. The third-order valence-electron chi connectivity index (χ3n) is 8.09. The van der Waals surface area contributed by atoms with E-state index in [0.29, 0.717) is 12.1 Å². The molecular formula is C26H41F5S. The standard InChI is InChI=1S/C26H41F5S/c1-2-3-4-5-6-7-8-21-9-11-22(12-10-21)23-13-15-24(16-14-23)25-17-19-26(20-18-25)32(27,28,29,30)31/h17-24H,2-16H2,1H3/t21-,22-,23?,24?. The number of benzene rings is 1. The van der Waals surface area contributed by atoms with Gasteiger partial charge in [-0.1, -0.05) is 96.3 Å². The van der Waals surface area contributed by atoms with Crippen LogP contribution in [0.1, 0.15) is 115 Å². The van der Waals surface area contributed by atoms with Gasteiger partial charge in [-0.25, -0.2) is 0 Å². The molecule has 2 fully saturated rings. The van der Waals surface area contributed by atoms with E-state index in [2.05, 4.69) is 6.92 Å². The van der Waals surface area contributed by atoms with Gasteiger partial charge in [0.15, 0.2) is 0 Å². The highest BCUT2D eigenvalue weighted by Gasteiger charge is 2.65. The minimum absolute atomic E-state index is 0.197. The quantitative estimate of drug-likeness (QED) is 0.231. The lowest BCUT2D eigenvalue weighted by Crippen LogP contribution is -2.25. The van der Waals surface area contributed by atoms with Crippen molar-refractivity contribution in [3.05, 3.63) is 29.8 Å². The maximum Gasteiger partial charge on any atom is 0.310 e. The molecule has 2 aliphatic rings. The fourth-order valence-electron chi connectivity index (χ4n) is 6.08. The maximum atomic E-state index is 12.9. The Bertz CT molecular complexity index is 696. The SMILES string of the molecule is CCCCCCCC[C@H]1CC[C@H](C2CCC(c3ccc(S(F)(F)(F)(F)F)cc3)CC2)CC1. The van der Waals surface area contributed by atoms with Crippen molar-refractivity contribution in [2.24, 2.45) is 17.8 Å². The highest BCUT2D eigenvalue weighted by Crippen LogP contribution is 3.02. The van der Waals surface area contributed by atoms with Crippen LogP contribution >= 0.6 is 10.2 Å². The lowest BCUT2D eigenvalue weighted by Gasteiger charge is -2.41. The highest BCUT2D eigenvalue weighted by atomic mass is 32.5. The number of unbranched alkanes of at least 4 members (excludes halogenated alkanes) is 5. The van der Waals surface area contributed by atoms with Crippen molar-refractivity contribution in [3.8, 4) is 0 Å². The topological polar surface area (TPSA) is 0 Å². The monoisotopic (exact) mass is 480 g/mol. The summed E-state index contributed by atoms with van der Waals surface area (Å²) in [6.45, 7) is 2.25. The molecular weight excluding hydrogens is 439 g/mol. The lowest BCUT2D eigenvalue weighted by molar-refractivity contribution is 0.155. The van der Waals surface area contributed by atoms with Gasteiger partial charge in [0.1, 0.15) is 4.90 Å². The van der Waals surface area contributed by atoms with Crippen molar-refractivity contribution in [1.82, 2.24) is 0 Å². The van der Waals surface area contributed by atoms with Crippen molar-refractivity contribution >= 4 is 10.2 Å². The predicted octanol–water partition coefficient (Wildman–Crippen LogP) is 11.2. The lowest BCUT2D eigenvalue weighted by atomic mass is 9.68. The fraction of sp³-hybridized carbons (Fsp3) is 0.769. The molecule has 2 aliphatic carbocycles. The number of halogens is 5. The van der Waals surface area contributed by atoms with Crippen LogP contribution in [0.15, 0.2) is 29.2 Å². The second kappa shape index (κ2) is 9.84. The van der Waals surface area contributed by atoms with Crippen molar-refractivity contribution < 1.29 is 19.4 Å². The van der Waals surface area contributed by atoms with Gasteiger partial charge in [0, 0.05) is 0 Å². The Kier molecular flexibility index (Phi) is 7.94. The zero-order chi connectivity index (χ0) is 23.3. The smallest absolute Gasteiger partial charge is 0.0936 e. The van der Waals surface area contributed by atoms with Crippen molar-refractivity contribution in [1.29, 1.82) is 0 Å². The van der Waals surface area contributed by atoms with Crippen LogP contribution in [0.25, 0.3) is 0 Å². The molecule has 186 valence electrons. The summed E-state index contributed by atoms with van der Waals surface area (Å²) in [6.07, 6.45) is 19.1. The third kappa shape index (κ3) is 7.63. The zero-order valence-corrected chi connectivity index (χ0v) is 20.3. The first-order valence-corrected chi connectivity index (χ1v) is 14.8. The first-order valence-electron chi connectivity index (χ1n) is 12.8. The Morgan fingerprint density at radius 1 is 0.656 bits per heavy atom. The molecule has 1 aromatic carbocycles. The molecule has 0 radical (unpaired) electrons. The van der Waals surface area contributed by atoms with Gasteiger partial charge >= 0.3 is 10.2 Å². The Balaban J connectivity index is 1.38. The van der Waals surface area contributed by atoms with Gasteiger partial charge in [-0.2, -0.15) is 0 Å². The van der Waals surface area contributed by atoms with E-state index in [0.717, 1.165) is 49.0 Å². The molecule has 0 heterocycles. The van der Waals surface area contributed by atoms with E-state index in [1.54, 1.807) is 0 Å². The molecule has 0 spiro atoms. The van der Waals surface area contributed by atoms with Crippen molar-refractivity contribution in [2.75, 3.05) is 0 Å². The minimum atomic E-state index is -9.57. The van der Waals surface area contributed by atoms with Crippen LogP contribution in [0.4, 0.5) is 19.4 Å². The van der Waals surface area contributed by atoms with E-state index >= 15 is 0 Å². The van der Waals surface area contributed by atoms with Gasteiger partial charge in [-0.3, -0.25) is 0 Å². The number of rotatable bonds is 10. The molecule has 0 unspecified atom stereocenters. The van der Waals surface area contributed by atoms with E-state index in [-0.39, 0.29) is 5.92 Å². The second-order valence-electron chi connectivity index (χ2n) is 10.5. The number of hydrogen-bond acceptors (Lipinski definition) is 0. The van der Waals surface area contributed by atoms with Gasteiger partial charge in [0.25, 0.3) is 0 Å². The summed E-state index contributed by atoms with van der Waals surface area (Å²) in [7, 11) is -9.57. The molecule has 0 N–H and O–H groups in total. The van der Waals surface area contributed by atoms with E-state index in [1.165, 1.54) is 82.8 Å². The molecule has 0 nitrogen and oxygen atoms in total. The van der Waals surface area contributed by atoms with Crippen LogP contribution in [0.2, 0.25) is 0 Å². The van der Waals surface area contributed by atoms with Crippen LogP contribution in [-0.4, -0.2) is 0 Å². The van der Waals surface area contributed by atoms with E-state index in [9.17, 15) is 19.4 Å². The maximum absolute atomic E-state index is 12.9. The first-order chi connectivity index (χ1) is 15.0. The van der Waals surface area contributed by atoms with Gasteiger partial charge in [-0.15, -0.1) is 0 Å². The predicted molar refractivity (Wildman–Crippen MR) is 126 cm³/mol. The van der Waals surface area contributed by atoms with Crippen LogP contribution in [-0.2, 0) is 0 Å². The summed E-state index contributed by atoms with van der Waals surface area (Å²) in [5.74, 6) is 2.63. The van der Waals surface area contributed by atoms with Crippen molar-refractivity contribution in [2.45, 2.75) is 114 Å². The molecule has 1 aromatic rings. The molecule has 6 heteroatoms. The summed E-state index contributed by atoms with van der Waals surface area (Å²) >= 11 is 0. The molecule has 0 aromatic heterocycles. The Morgan fingerprint density at radius 3 is 1.69 bits per heavy atom. The van der Waals surface area contributed by atoms with E-state index < -0.39 is 15.1 Å².